The monoisotopic (exact) mass is 222 g/mol. The number of anilines is 2. The summed E-state index contributed by atoms with van der Waals surface area (Å²) in [5.74, 6) is 0.107. The first-order valence-electron chi connectivity index (χ1n) is 4.93. The first kappa shape index (κ1) is 10.4. The van der Waals surface area contributed by atoms with Crippen molar-refractivity contribution in [2.24, 2.45) is 0 Å². The Morgan fingerprint density at radius 1 is 1.53 bits per heavy atom. The van der Waals surface area contributed by atoms with Gasteiger partial charge in [0.05, 0.1) is 11.4 Å². The molecule has 1 saturated heterocycles. The fourth-order valence-electron chi connectivity index (χ4n) is 1.96. The van der Waals surface area contributed by atoms with Gasteiger partial charge in [-0.3, -0.25) is 4.79 Å². The van der Waals surface area contributed by atoms with E-state index in [1.165, 1.54) is 0 Å². The zero-order valence-corrected chi connectivity index (χ0v) is 9.50. The SMILES string of the molecule is Cc1cccc(N)c1N1CC(S)CC1=O. The van der Waals surface area contributed by atoms with Crippen LogP contribution >= 0.6 is 12.6 Å². The summed E-state index contributed by atoms with van der Waals surface area (Å²) >= 11 is 4.33. The molecule has 0 saturated carbocycles. The third kappa shape index (κ3) is 1.81. The number of para-hydroxylation sites is 1. The molecule has 1 aromatic rings. The second-order valence-electron chi connectivity index (χ2n) is 3.88. The number of carbonyl (C=O) groups excluding carboxylic acids is 1. The smallest absolute Gasteiger partial charge is 0.228 e. The number of aryl methyl sites for hydroxylation is 1. The first-order chi connectivity index (χ1) is 7.09. The van der Waals surface area contributed by atoms with Crippen LogP contribution in [0.3, 0.4) is 0 Å². The summed E-state index contributed by atoms with van der Waals surface area (Å²) in [6.07, 6.45) is 0.497. The number of thiol groups is 1. The highest BCUT2D eigenvalue weighted by Crippen LogP contribution is 2.31. The maximum Gasteiger partial charge on any atom is 0.228 e. The summed E-state index contributed by atoms with van der Waals surface area (Å²) < 4.78 is 0. The summed E-state index contributed by atoms with van der Waals surface area (Å²) in [6.45, 7) is 2.61. The van der Waals surface area contributed by atoms with Gasteiger partial charge in [-0.1, -0.05) is 12.1 Å². The van der Waals surface area contributed by atoms with Crippen molar-refractivity contribution in [2.75, 3.05) is 17.2 Å². The largest absolute Gasteiger partial charge is 0.397 e. The molecule has 0 bridgehead atoms. The fraction of sp³-hybridized carbons (Fsp3) is 0.364. The molecule has 1 amide bonds. The lowest BCUT2D eigenvalue weighted by Crippen LogP contribution is -2.26. The van der Waals surface area contributed by atoms with Crippen molar-refractivity contribution in [3.05, 3.63) is 23.8 Å². The maximum atomic E-state index is 11.7. The number of carbonyl (C=O) groups is 1. The van der Waals surface area contributed by atoms with E-state index in [0.29, 0.717) is 18.7 Å². The molecular weight excluding hydrogens is 208 g/mol. The quantitative estimate of drug-likeness (QED) is 0.560. The standard InChI is InChI=1S/C11H14N2OS/c1-7-3-2-4-9(12)11(7)13-6-8(15)5-10(13)14/h2-4,8,15H,5-6,12H2,1H3. The highest BCUT2D eigenvalue weighted by atomic mass is 32.1. The number of hydrogen-bond acceptors (Lipinski definition) is 3. The predicted molar refractivity (Wildman–Crippen MR) is 65.3 cm³/mol. The van der Waals surface area contributed by atoms with Crippen LogP contribution in [0.15, 0.2) is 18.2 Å². The lowest BCUT2D eigenvalue weighted by molar-refractivity contribution is -0.117. The molecule has 3 nitrogen and oxygen atoms in total. The van der Waals surface area contributed by atoms with Gasteiger partial charge in [-0.2, -0.15) is 12.6 Å². The molecule has 1 atom stereocenters. The zero-order chi connectivity index (χ0) is 11.0. The fourth-order valence-corrected chi connectivity index (χ4v) is 2.27. The van der Waals surface area contributed by atoms with Crippen LogP contribution in [0.4, 0.5) is 11.4 Å². The molecule has 1 aliphatic heterocycles. The minimum Gasteiger partial charge on any atom is -0.397 e. The lowest BCUT2D eigenvalue weighted by Gasteiger charge is -2.20. The average Bonchev–Trinajstić information content (AvgIpc) is 2.45. The van der Waals surface area contributed by atoms with Crippen LogP contribution in [0.5, 0.6) is 0 Å². The van der Waals surface area contributed by atoms with Gasteiger partial charge in [-0.05, 0) is 18.6 Å². The number of nitrogens with two attached hydrogens (primary N) is 1. The van der Waals surface area contributed by atoms with E-state index in [9.17, 15) is 4.79 Å². The topological polar surface area (TPSA) is 46.3 Å². The minimum absolute atomic E-state index is 0.107. The predicted octanol–water partition coefficient (Wildman–Crippen LogP) is 1.61. The normalized spacial score (nSPS) is 21.1. The van der Waals surface area contributed by atoms with Crippen LogP contribution in [0.25, 0.3) is 0 Å². The Morgan fingerprint density at radius 2 is 2.27 bits per heavy atom. The van der Waals surface area contributed by atoms with E-state index in [4.69, 9.17) is 5.73 Å². The van der Waals surface area contributed by atoms with Crippen molar-refractivity contribution < 1.29 is 4.79 Å². The van der Waals surface area contributed by atoms with E-state index >= 15 is 0 Å². The van der Waals surface area contributed by atoms with E-state index in [-0.39, 0.29) is 11.2 Å². The van der Waals surface area contributed by atoms with Gasteiger partial charge in [-0.25, -0.2) is 0 Å². The lowest BCUT2D eigenvalue weighted by atomic mass is 10.1. The Kier molecular flexibility index (Phi) is 2.61. The Balaban J connectivity index is 2.41. The molecule has 0 aliphatic carbocycles. The van der Waals surface area contributed by atoms with Crippen LogP contribution < -0.4 is 10.6 Å². The van der Waals surface area contributed by atoms with E-state index in [1.54, 1.807) is 4.90 Å². The van der Waals surface area contributed by atoms with E-state index < -0.39 is 0 Å². The number of benzene rings is 1. The molecule has 2 rings (SSSR count). The van der Waals surface area contributed by atoms with Crippen LogP contribution in [0, 0.1) is 6.92 Å². The van der Waals surface area contributed by atoms with Gasteiger partial charge in [0.1, 0.15) is 0 Å². The Hall–Kier alpha value is -1.16. The maximum absolute atomic E-state index is 11.7. The summed E-state index contributed by atoms with van der Waals surface area (Å²) in [7, 11) is 0. The molecule has 15 heavy (non-hydrogen) atoms. The molecule has 1 fully saturated rings. The van der Waals surface area contributed by atoms with Crippen molar-refractivity contribution in [1.82, 2.24) is 0 Å². The first-order valence-corrected chi connectivity index (χ1v) is 5.44. The number of hydrogen-bond donors (Lipinski definition) is 2. The summed E-state index contributed by atoms with van der Waals surface area (Å²) in [6, 6.07) is 5.68. The summed E-state index contributed by atoms with van der Waals surface area (Å²) in [5, 5.41) is 0.122. The zero-order valence-electron chi connectivity index (χ0n) is 8.60. The highest BCUT2D eigenvalue weighted by molar-refractivity contribution is 7.81. The average molecular weight is 222 g/mol. The Morgan fingerprint density at radius 3 is 2.80 bits per heavy atom. The number of amides is 1. The van der Waals surface area contributed by atoms with Gasteiger partial charge < -0.3 is 10.6 Å². The van der Waals surface area contributed by atoms with Gasteiger partial charge in [0, 0.05) is 18.2 Å². The van der Waals surface area contributed by atoms with Crippen LogP contribution in [0.1, 0.15) is 12.0 Å². The third-order valence-electron chi connectivity index (χ3n) is 2.64. The molecule has 1 aromatic carbocycles. The molecule has 2 N–H and O–H groups in total. The van der Waals surface area contributed by atoms with Gasteiger partial charge >= 0.3 is 0 Å². The van der Waals surface area contributed by atoms with Gasteiger partial charge in [0.25, 0.3) is 0 Å². The molecule has 0 radical (unpaired) electrons. The number of rotatable bonds is 1. The molecule has 1 heterocycles. The molecule has 1 unspecified atom stereocenters. The Bertz CT molecular complexity index is 385. The molecule has 4 heteroatoms. The second-order valence-corrected chi connectivity index (χ2v) is 4.61. The summed E-state index contributed by atoms with van der Waals surface area (Å²) in [5.41, 5.74) is 8.43. The third-order valence-corrected chi connectivity index (χ3v) is 2.99. The van der Waals surface area contributed by atoms with Crippen molar-refractivity contribution in [2.45, 2.75) is 18.6 Å². The van der Waals surface area contributed by atoms with Crippen molar-refractivity contribution in [1.29, 1.82) is 0 Å². The second kappa shape index (κ2) is 3.77. The van der Waals surface area contributed by atoms with Crippen molar-refractivity contribution >= 4 is 29.9 Å². The van der Waals surface area contributed by atoms with Gasteiger partial charge in [0.2, 0.25) is 5.91 Å². The molecular formula is C11H14N2OS. The highest BCUT2D eigenvalue weighted by Gasteiger charge is 2.30. The van der Waals surface area contributed by atoms with Crippen molar-refractivity contribution in [3.63, 3.8) is 0 Å². The Labute approximate surface area is 94.7 Å². The van der Waals surface area contributed by atoms with Crippen LogP contribution in [0.2, 0.25) is 0 Å². The van der Waals surface area contributed by atoms with E-state index in [2.05, 4.69) is 12.6 Å². The van der Waals surface area contributed by atoms with Gasteiger partial charge in [-0.15, -0.1) is 0 Å². The molecule has 0 aromatic heterocycles. The molecule has 0 spiro atoms. The van der Waals surface area contributed by atoms with Crippen molar-refractivity contribution in [3.8, 4) is 0 Å². The van der Waals surface area contributed by atoms with Gasteiger partial charge in [0.15, 0.2) is 0 Å². The van der Waals surface area contributed by atoms with Crippen LogP contribution in [-0.4, -0.2) is 17.7 Å². The molecule has 1 aliphatic rings. The van der Waals surface area contributed by atoms with E-state index in [0.717, 1.165) is 11.3 Å². The molecule has 80 valence electrons. The number of nitrogen functional groups attached to an aromatic ring is 1. The van der Waals surface area contributed by atoms with Crippen LogP contribution in [-0.2, 0) is 4.79 Å². The van der Waals surface area contributed by atoms with E-state index in [1.807, 2.05) is 25.1 Å². The summed E-state index contributed by atoms with van der Waals surface area (Å²) in [4.78, 5) is 13.4. The number of nitrogens with zero attached hydrogens (tertiary/aromatic N) is 1. The minimum atomic E-state index is 0.107.